The number of carbonyl (C=O) groups is 3. The molecule has 0 radical (unpaired) electrons. The van der Waals surface area contributed by atoms with Gasteiger partial charge in [-0.05, 0) is 72.3 Å². The van der Waals surface area contributed by atoms with E-state index in [0.29, 0.717) is 43.9 Å². The van der Waals surface area contributed by atoms with Gasteiger partial charge < -0.3 is 19.3 Å². The lowest BCUT2D eigenvalue weighted by molar-refractivity contribution is -0.143. The van der Waals surface area contributed by atoms with Crippen molar-refractivity contribution in [2.75, 3.05) is 20.3 Å². The van der Waals surface area contributed by atoms with Gasteiger partial charge in [-0.1, -0.05) is 46.3 Å². The maximum atomic E-state index is 13.6. The summed E-state index contributed by atoms with van der Waals surface area (Å²) < 4.78 is 16.6. The molecule has 3 aromatic rings. The summed E-state index contributed by atoms with van der Waals surface area (Å²) in [5.41, 5.74) is 2.28. The minimum atomic E-state index is -1.02. The number of halogens is 1. The molecule has 11 heteroatoms. The van der Waals surface area contributed by atoms with E-state index in [9.17, 15) is 19.5 Å². The number of hydrogen-bond acceptors (Lipinski definition) is 8. The van der Waals surface area contributed by atoms with Gasteiger partial charge in [0.15, 0.2) is 23.3 Å². The molecule has 0 bridgehead atoms. The Bertz CT molecular complexity index is 1470. The molecule has 1 aliphatic heterocycles. The third-order valence-electron chi connectivity index (χ3n) is 5.63. The van der Waals surface area contributed by atoms with Gasteiger partial charge in [0.05, 0.1) is 36.4 Å². The number of ether oxygens (including phenoxy) is 3. The van der Waals surface area contributed by atoms with Gasteiger partial charge in [-0.3, -0.25) is 9.69 Å². The van der Waals surface area contributed by atoms with Crippen LogP contribution in [0.3, 0.4) is 0 Å². The number of hydrogen-bond donors (Lipinski definition) is 1. The number of aliphatic imine (C=N–C) groups is 1. The van der Waals surface area contributed by atoms with E-state index in [-0.39, 0.29) is 24.6 Å². The van der Waals surface area contributed by atoms with Gasteiger partial charge >= 0.3 is 11.9 Å². The van der Waals surface area contributed by atoms with Crippen molar-refractivity contribution in [3.8, 4) is 11.5 Å². The van der Waals surface area contributed by atoms with E-state index in [2.05, 4.69) is 20.7 Å². The Morgan fingerprint density at radius 2 is 1.75 bits per heavy atom. The lowest BCUT2D eigenvalue weighted by atomic mass is 10.1. The van der Waals surface area contributed by atoms with E-state index in [1.807, 2.05) is 37.3 Å². The quantitative estimate of drug-likeness (QED) is 0.219. The molecule has 1 saturated heterocycles. The van der Waals surface area contributed by atoms with Crippen molar-refractivity contribution in [3.05, 3.63) is 92.8 Å². The van der Waals surface area contributed by atoms with Gasteiger partial charge in [0.1, 0.15) is 0 Å². The number of carboxylic acids is 1. The second kappa shape index (κ2) is 13.3. The molecule has 4 rings (SSSR count). The molecule has 0 aromatic heterocycles. The standard InChI is InChI=1S/C29H25BrN2O7S/c1-3-38-23-13-20(22(30)15-24(23)39-17-26(33)37-2)14-25-27(34)32(16-18-9-11-19(12-10-18)28(35)36)29(40-25)31-21-7-5-4-6-8-21/h4-15H,3,16-17H2,1-2H3,(H,35,36)/b25-14-,31-29?. The second-order valence-electron chi connectivity index (χ2n) is 8.35. The number of carbonyl (C=O) groups excluding carboxylic acids is 2. The Morgan fingerprint density at radius 3 is 2.40 bits per heavy atom. The van der Waals surface area contributed by atoms with Crippen LogP contribution in [0, 0.1) is 0 Å². The van der Waals surface area contributed by atoms with Crippen LogP contribution in [-0.2, 0) is 20.9 Å². The van der Waals surface area contributed by atoms with E-state index in [4.69, 9.17) is 14.5 Å². The molecule has 0 spiro atoms. The highest BCUT2D eigenvalue weighted by Crippen LogP contribution is 2.39. The summed E-state index contributed by atoms with van der Waals surface area (Å²) in [6.45, 7) is 2.12. The number of aromatic carboxylic acids is 1. The Balaban J connectivity index is 1.68. The summed E-state index contributed by atoms with van der Waals surface area (Å²) >= 11 is 4.76. The molecular weight excluding hydrogens is 600 g/mol. The Hall–Kier alpha value is -4.09. The molecule has 40 heavy (non-hydrogen) atoms. The molecule has 1 amide bonds. The lowest BCUT2D eigenvalue weighted by Crippen LogP contribution is -2.28. The number of esters is 1. The van der Waals surface area contributed by atoms with Gasteiger partial charge in [0.2, 0.25) is 0 Å². The Kier molecular flexibility index (Phi) is 9.62. The van der Waals surface area contributed by atoms with Crippen LogP contribution in [0.15, 0.2) is 81.1 Å². The summed E-state index contributed by atoms with van der Waals surface area (Å²) in [6, 6.07) is 19.1. The van der Waals surface area contributed by atoms with Crippen LogP contribution in [0.25, 0.3) is 6.08 Å². The highest BCUT2D eigenvalue weighted by atomic mass is 79.9. The summed E-state index contributed by atoms with van der Waals surface area (Å²) in [7, 11) is 1.28. The number of amidine groups is 1. The zero-order valence-electron chi connectivity index (χ0n) is 21.6. The summed E-state index contributed by atoms with van der Waals surface area (Å²) in [5.74, 6) is -1.04. The summed E-state index contributed by atoms with van der Waals surface area (Å²) in [4.78, 5) is 43.1. The van der Waals surface area contributed by atoms with Crippen molar-refractivity contribution >= 4 is 62.5 Å². The van der Waals surface area contributed by atoms with Gasteiger partial charge in [0.25, 0.3) is 5.91 Å². The molecule has 1 fully saturated rings. The molecular formula is C29H25BrN2O7S. The number of benzene rings is 3. The Morgan fingerprint density at radius 1 is 1.05 bits per heavy atom. The number of amides is 1. The predicted octanol–water partition coefficient (Wildman–Crippen LogP) is 5.90. The van der Waals surface area contributed by atoms with E-state index in [1.54, 1.807) is 35.2 Å². The third kappa shape index (κ3) is 7.10. The first kappa shape index (κ1) is 28.9. The highest BCUT2D eigenvalue weighted by Gasteiger charge is 2.34. The largest absolute Gasteiger partial charge is 0.490 e. The smallest absolute Gasteiger partial charge is 0.343 e. The molecule has 1 heterocycles. The van der Waals surface area contributed by atoms with Crippen molar-refractivity contribution < 1.29 is 33.7 Å². The minimum absolute atomic E-state index is 0.165. The molecule has 1 aliphatic rings. The van der Waals surface area contributed by atoms with Crippen LogP contribution in [0.5, 0.6) is 11.5 Å². The van der Waals surface area contributed by atoms with Gasteiger partial charge in [-0.2, -0.15) is 0 Å². The molecule has 3 aromatic carbocycles. The fourth-order valence-corrected chi connectivity index (χ4v) is 5.08. The predicted molar refractivity (Wildman–Crippen MR) is 156 cm³/mol. The number of methoxy groups -OCH3 is 1. The van der Waals surface area contributed by atoms with Crippen LogP contribution >= 0.6 is 27.7 Å². The normalized spacial score (nSPS) is 15.0. The van der Waals surface area contributed by atoms with Crippen LogP contribution in [0.4, 0.5) is 5.69 Å². The third-order valence-corrected chi connectivity index (χ3v) is 7.33. The van der Waals surface area contributed by atoms with Crippen molar-refractivity contribution in [3.63, 3.8) is 0 Å². The molecule has 0 unspecified atom stereocenters. The highest BCUT2D eigenvalue weighted by molar-refractivity contribution is 9.10. The molecule has 0 aliphatic carbocycles. The number of para-hydroxylation sites is 1. The molecule has 1 N–H and O–H groups in total. The number of carboxylic acid groups (broad SMARTS) is 1. The van der Waals surface area contributed by atoms with E-state index < -0.39 is 11.9 Å². The van der Waals surface area contributed by atoms with Crippen molar-refractivity contribution in [2.24, 2.45) is 4.99 Å². The van der Waals surface area contributed by atoms with Gasteiger partial charge in [-0.15, -0.1) is 0 Å². The SMILES string of the molecule is CCOc1cc(/C=C2\SC(=Nc3ccccc3)N(Cc3ccc(C(=O)O)cc3)C2=O)c(Br)cc1OCC(=O)OC. The van der Waals surface area contributed by atoms with Gasteiger partial charge in [-0.25, -0.2) is 14.6 Å². The fraction of sp³-hybridized carbons (Fsp3) is 0.172. The number of thioether (sulfide) groups is 1. The average Bonchev–Trinajstić information content (AvgIpc) is 3.23. The van der Waals surface area contributed by atoms with Crippen molar-refractivity contribution in [2.45, 2.75) is 13.5 Å². The molecule has 0 atom stereocenters. The average molecular weight is 625 g/mol. The first-order chi connectivity index (χ1) is 19.3. The zero-order valence-corrected chi connectivity index (χ0v) is 24.0. The topological polar surface area (TPSA) is 115 Å². The maximum Gasteiger partial charge on any atom is 0.343 e. The summed E-state index contributed by atoms with van der Waals surface area (Å²) in [5, 5.41) is 9.70. The summed E-state index contributed by atoms with van der Waals surface area (Å²) in [6.07, 6.45) is 1.73. The molecule has 9 nitrogen and oxygen atoms in total. The first-order valence-corrected chi connectivity index (χ1v) is 13.7. The maximum absolute atomic E-state index is 13.6. The van der Waals surface area contributed by atoms with Crippen LogP contribution in [0.2, 0.25) is 0 Å². The molecule has 0 saturated carbocycles. The van der Waals surface area contributed by atoms with Crippen LogP contribution < -0.4 is 9.47 Å². The van der Waals surface area contributed by atoms with Crippen molar-refractivity contribution in [1.82, 2.24) is 4.90 Å². The minimum Gasteiger partial charge on any atom is -0.490 e. The van der Waals surface area contributed by atoms with E-state index >= 15 is 0 Å². The number of nitrogens with zero attached hydrogens (tertiary/aromatic N) is 2. The number of rotatable bonds is 10. The Labute approximate surface area is 243 Å². The van der Waals surface area contributed by atoms with Crippen LogP contribution in [0.1, 0.15) is 28.4 Å². The fourth-order valence-electron chi connectivity index (χ4n) is 3.66. The zero-order chi connectivity index (χ0) is 28.6. The van der Waals surface area contributed by atoms with E-state index in [0.717, 1.165) is 5.56 Å². The first-order valence-electron chi connectivity index (χ1n) is 12.1. The second-order valence-corrected chi connectivity index (χ2v) is 10.2. The van der Waals surface area contributed by atoms with Gasteiger partial charge in [0, 0.05) is 4.47 Å². The lowest BCUT2D eigenvalue weighted by Gasteiger charge is -2.16. The molecule has 206 valence electrons. The van der Waals surface area contributed by atoms with Crippen molar-refractivity contribution in [1.29, 1.82) is 0 Å². The van der Waals surface area contributed by atoms with Crippen LogP contribution in [-0.4, -0.2) is 53.3 Å². The monoisotopic (exact) mass is 624 g/mol. The van der Waals surface area contributed by atoms with E-state index in [1.165, 1.54) is 31.0 Å².